The van der Waals surface area contributed by atoms with Crippen molar-refractivity contribution in [2.24, 2.45) is 0 Å². The maximum absolute atomic E-state index is 4.73. The zero-order chi connectivity index (χ0) is 11.9. The molecule has 2 aromatic carbocycles. The molecule has 4 rings (SSSR count). The summed E-state index contributed by atoms with van der Waals surface area (Å²) in [6.45, 7) is 1.10. The topological polar surface area (TPSA) is 40.7 Å². The molecule has 1 atom stereocenters. The van der Waals surface area contributed by atoms with Crippen molar-refractivity contribution in [1.29, 1.82) is 0 Å². The molecule has 0 amide bonds. The van der Waals surface area contributed by atoms with Gasteiger partial charge in [-0.05, 0) is 42.3 Å². The molecule has 3 heteroatoms. The number of benzene rings is 2. The molecule has 1 fully saturated rings. The van der Waals surface area contributed by atoms with E-state index in [1.54, 1.807) is 0 Å². The van der Waals surface area contributed by atoms with Crippen LogP contribution >= 0.6 is 0 Å². The Kier molecular flexibility index (Phi) is 2.14. The third-order valence-corrected chi connectivity index (χ3v) is 3.76. The van der Waals surface area contributed by atoms with E-state index in [1.165, 1.54) is 23.6 Å². The van der Waals surface area contributed by atoms with Gasteiger partial charge in [-0.1, -0.05) is 24.3 Å². The van der Waals surface area contributed by atoms with Crippen molar-refractivity contribution in [2.45, 2.75) is 18.9 Å². The molecule has 1 aromatic heterocycles. The van der Waals surface area contributed by atoms with Gasteiger partial charge >= 0.3 is 0 Å². The number of hydrogen-bond donors (Lipinski definition) is 2. The Hall–Kier alpha value is -1.87. The van der Waals surface area contributed by atoms with Crippen molar-refractivity contribution >= 4 is 21.8 Å². The zero-order valence-corrected chi connectivity index (χ0v) is 10.1. The fourth-order valence-electron chi connectivity index (χ4n) is 2.80. The van der Waals surface area contributed by atoms with E-state index in [-0.39, 0.29) is 0 Å². The minimum atomic E-state index is 0.403. The monoisotopic (exact) mass is 237 g/mol. The van der Waals surface area contributed by atoms with Gasteiger partial charge in [0, 0.05) is 0 Å². The molecule has 90 valence electrons. The summed E-state index contributed by atoms with van der Waals surface area (Å²) >= 11 is 0. The molecule has 0 radical (unpaired) electrons. The Labute approximate surface area is 105 Å². The first-order valence-electron chi connectivity index (χ1n) is 6.52. The van der Waals surface area contributed by atoms with Gasteiger partial charge in [0.25, 0.3) is 0 Å². The molecule has 3 aromatic rings. The fourth-order valence-corrected chi connectivity index (χ4v) is 2.80. The van der Waals surface area contributed by atoms with E-state index in [0.717, 1.165) is 23.4 Å². The summed E-state index contributed by atoms with van der Waals surface area (Å²) in [6, 6.07) is 13.2. The number of nitrogens with zero attached hydrogens (tertiary/aromatic N) is 1. The van der Waals surface area contributed by atoms with Crippen LogP contribution in [0.25, 0.3) is 21.8 Å². The summed E-state index contributed by atoms with van der Waals surface area (Å²) in [7, 11) is 0. The van der Waals surface area contributed by atoms with Crippen LogP contribution in [0.1, 0.15) is 24.7 Å². The van der Waals surface area contributed by atoms with Gasteiger partial charge < -0.3 is 10.3 Å². The van der Waals surface area contributed by atoms with Crippen LogP contribution < -0.4 is 5.32 Å². The van der Waals surface area contributed by atoms with Crippen LogP contribution in [0, 0.1) is 0 Å². The lowest BCUT2D eigenvalue weighted by Gasteiger charge is -2.04. The van der Waals surface area contributed by atoms with Gasteiger partial charge in [-0.3, -0.25) is 0 Å². The highest BCUT2D eigenvalue weighted by Gasteiger charge is 2.19. The molecule has 2 heterocycles. The van der Waals surface area contributed by atoms with Gasteiger partial charge in [-0.15, -0.1) is 0 Å². The van der Waals surface area contributed by atoms with Crippen molar-refractivity contribution in [3.05, 3.63) is 42.2 Å². The van der Waals surface area contributed by atoms with Crippen molar-refractivity contribution in [3.63, 3.8) is 0 Å². The molecule has 0 saturated carbocycles. The third kappa shape index (κ3) is 1.51. The average Bonchev–Trinajstić information content (AvgIpc) is 3.04. The lowest BCUT2D eigenvalue weighted by Crippen LogP contribution is -2.13. The Morgan fingerprint density at radius 3 is 2.72 bits per heavy atom. The summed E-state index contributed by atoms with van der Waals surface area (Å²) in [4.78, 5) is 8.18. The summed E-state index contributed by atoms with van der Waals surface area (Å²) in [5.41, 5.74) is 2.20. The van der Waals surface area contributed by atoms with E-state index >= 15 is 0 Å². The van der Waals surface area contributed by atoms with E-state index in [9.17, 15) is 0 Å². The first kappa shape index (κ1) is 10.1. The van der Waals surface area contributed by atoms with E-state index in [1.807, 2.05) is 0 Å². The highest BCUT2D eigenvalue weighted by molar-refractivity contribution is 5.95. The van der Waals surface area contributed by atoms with Crippen molar-refractivity contribution in [2.75, 3.05) is 6.54 Å². The standard InChI is InChI=1S/C15H15N3/c1-2-5-11-9-14-13(8-10(11)4-1)17-15(18-14)12-6-3-7-16-12/h1-2,4-5,8-9,12,16H,3,6-7H2,(H,17,18)/t12-/m0/s1. The number of H-pyrrole nitrogens is 1. The minimum Gasteiger partial charge on any atom is -0.341 e. The highest BCUT2D eigenvalue weighted by Crippen LogP contribution is 2.26. The molecule has 0 unspecified atom stereocenters. The molecule has 1 aliphatic rings. The quantitative estimate of drug-likeness (QED) is 0.682. The number of aromatic nitrogens is 2. The Balaban J connectivity index is 1.90. The number of rotatable bonds is 1. The number of aromatic amines is 1. The number of imidazole rings is 1. The highest BCUT2D eigenvalue weighted by atomic mass is 15.0. The normalized spacial score (nSPS) is 19.9. The molecule has 18 heavy (non-hydrogen) atoms. The summed E-state index contributed by atoms with van der Waals surface area (Å²) in [5.74, 6) is 1.08. The number of fused-ring (bicyclic) bond motifs is 2. The van der Waals surface area contributed by atoms with Crippen LogP contribution in [0.3, 0.4) is 0 Å². The first-order chi connectivity index (χ1) is 8.90. The molecular weight excluding hydrogens is 222 g/mol. The first-order valence-corrected chi connectivity index (χ1v) is 6.52. The fraction of sp³-hybridized carbons (Fsp3) is 0.267. The lowest BCUT2D eigenvalue weighted by molar-refractivity contribution is 0.614. The number of nitrogens with one attached hydrogen (secondary N) is 2. The van der Waals surface area contributed by atoms with Crippen molar-refractivity contribution in [1.82, 2.24) is 15.3 Å². The van der Waals surface area contributed by atoms with Gasteiger partial charge in [-0.25, -0.2) is 4.98 Å². The second-order valence-corrected chi connectivity index (χ2v) is 4.99. The van der Waals surface area contributed by atoms with Crippen LogP contribution in [0.4, 0.5) is 0 Å². The van der Waals surface area contributed by atoms with Crippen LogP contribution in [0.15, 0.2) is 36.4 Å². The van der Waals surface area contributed by atoms with E-state index in [0.29, 0.717) is 6.04 Å². The summed E-state index contributed by atoms with van der Waals surface area (Å²) in [5, 5.41) is 6.00. The SMILES string of the molecule is c1ccc2cc3[nH]c([C@@H]4CCCN4)nc3cc2c1. The van der Waals surface area contributed by atoms with Crippen LogP contribution in [0.5, 0.6) is 0 Å². The van der Waals surface area contributed by atoms with Gasteiger partial charge in [0.05, 0.1) is 17.1 Å². The maximum Gasteiger partial charge on any atom is 0.124 e. The maximum atomic E-state index is 4.73. The van der Waals surface area contributed by atoms with E-state index < -0.39 is 0 Å². The molecule has 0 spiro atoms. The van der Waals surface area contributed by atoms with Crippen molar-refractivity contribution in [3.8, 4) is 0 Å². The predicted octanol–water partition coefficient (Wildman–Crippen LogP) is 3.14. The van der Waals surface area contributed by atoms with Crippen LogP contribution in [-0.4, -0.2) is 16.5 Å². The Morgan fingerprint density at radius 2 is 1.94 bits per heavy atom. The molecule has 2 N–H and O–H groups in total. The Morgan fingerprint density at radius 1 is 1.11 bits per heavy atom. The predicted molar refractivity (Wildman–Crippen MR) is 73.6 cm³/mol. The van der Waals surface area contributed by atoms with Crippen LogP contribution in [0.2, 0.25) is 0 Å². The summed E-state index contributed by atoms with van der Waals surface area (Å²) in [6.07, 6.45) is 2.42. The van der Waals surface area contributed by atoms with E-state index in [2.05, 4.69) is 46.7 Å². The Bertz CT molecular complexity index is 655. The van der Waals surface area contributed by atoms with Gasteiger partial charge in [0.1, 0.15) is 5.82 Å². The third-order valence-electron chi connectivity index (χ3n) is 3.76. The molecule has 3 nitrogen and oxygen atoms in total. The number of hydrogen-bond acceptors (Lipinski definition) is 2. The molecule has 1 aliphatic heterocycles. The molecule has 0 bridgehead atoms. The smallest absolute Gasteiger partial charge is 0.124 e. The second-order valence-electron chi connectivity index (χ2n) is 4.99. The van der Waals surface area contributed by atoms with Crippen molar-refractivity contribution < 1.29 is 0 Å². The van der Waals surface area contributed by atoms with Gasteiger partial charge in [0.2, 0.25) is 0 Å². The lowest BCUT2D eigenvalue weighted by atomic mass is 10.1. The van der Waals surface area contributed by atoms with E-state index in [4.69, 9.17) is 4.98 Å². The van der Waals surface area contributed by atoms with Crippen LogP contribution in [-0.2, 0) is 0 Å². The van der Waals surface area contributed by atoms with Gasteiger partial charge in [0.15, 0.2) is 0 Å². The molecule has 1 saturated heterocycles. The largest absolute Gasteiger partial charge is 0.341 e. The summed E-state index contributed by atoms with van der Waals surface area (Å²) < 4.78 is 0. The molecule has 0 aliphatic carbocycles. The zero-order valence-electron chi connectivity index (χ0n) is 10.1. The average molecular weight is 237 g/mol. The molecular formula is C15H15N3. The second kappa shape index (κ2) is 3.82. The minimum absolute atomic E-state index is 0.403. The van der Waals surface area contributed by atoms with Gasteiger partial charge in [-0.2, -0.15) is 0 Å².